The number of thiol groups is 1. The highest BCUT2D eigenvalue weighted by atomic mass is 32.9. The van der Waals surface area contributed by atoms with Gasteiger partial charge in [-0.05, 0) is 37.8 Å². The molecule has 0 aromatic carbocycles. The summed E-state index contributed by atoms with van der Waals surface area (Å²) in [5, 5.41) is 0. The first-order valence-electron chi connectivity index (χ1n) is 8.32. The predicted octanol–water partition coefficient (Wildman–Crippen LogP) is 1.38. The van der Waals surface area contributed by atoms with E-state index in [0.717, 1.165) is 16.6 Å². The van der Waals surface area contributed by atoms with Gasteiger partial charge in [-0.1, -0.05) is 12.8 Å². The number of piperidine rings is 2. The van der Waals surface area contributed by atoms with Crippen molar-refractivity contribution in [2.75, 3.05) is 22.9 Å². The highest BCUT2D eigenvalue weighted by Gasteiger charge is 2.37. The summed E-state index contributed by atoms with van der Waals surface area (Å²) in [5.41, 5.74) is 0.708. The van der Waals surface area contributed by atoms with Crippen molar-refractivity contribution < 1.29 is 18.4 Å². The molecule has 2 atom stereocenters. The van der Waals surface area contributed by atoms with E-state index in [1.807, 2.05) is 0 Å². The fourth-order valence-corrected chi connectivity index (χ4v) is 4.27. The number of carbonyl (C=O) groups excluding carboxylic acids is 2. The van der Waals surface area contributed by atoms with Crippen LogP contribution < -0.4 is 9.80 Å². The van der Waals surface area contributed by atoms with Crippen LogP contribution in [0.4, 0.5) is 11.5 Å². The number of anilines is 2. The minimum absolute atomic E-state index is 0.0776. The Morgan fingerprint density at radius 2 is 1.96 bits per heavy atom. The van der Waals surface area contributed by atoms with E-state index in [1.54, 1.807) is 23.2 Å². The number of pyridine rings is 1. The molecule has 2 fully saturated rings. The molecule has 8 nitrogen and oxygen atoms in total. The van der Waals surface area contributed by atoms with Gasteiger partial charge in [0.05, 0.1) is 11.9 Å². The van der Waals surface area contributed by atoms with Crippen LogP contribution in [0.3, 0.4) is 0 Å². The van der Waals surface area contributed by atoms with E-state index in [9.17, 15) is 18.4 Å². The Hall–Kier alpha value is -1.27. The number of hydrogen-bond donors (Lipinski definition) is 2. The molecule has 3 rings (SSSR count). The average molecular weight is 417 g/mol. The van der Waals surface area contributed by atoms with Crippen LogP contribution in [0.25, 0.3) is 0 Å². The molecular formula is C15H20N4O4S3. The Labute approximate surface area is 162 Å². The number of rotatable bonds is 4. The molecule has 1 aromatic rings. The van der Waals surface area contributed by atoms with Gasteiger partial charge in [-0.3, -0.25) is 19.0 Å². The van der Waals surface area contributed by atoms with Crippen molar-refractivity contribution in [2.45, 2.75) is 38.1 Å². The number of aromatic nitrogens is 1. The second kappa shape index (κ2) is 7.77. The minimum Gasteiger partial charge on any atom is -0.311 e. The van der Waals surface area contributed by atoms with Gasteiger partial charge in [-0.15, -0.1) is 3.71 Å². The van der Waals surface area contributed by atoms with E-state index in [-0.39, 0.29) is 11.8 Å². The summed E-state index contributed by atoms with van der Waals surface area (Å²) in [6, 6.07) is 2.57. The lowest BCUT2D eigenvalue weighted by atomic mass is 10.1. The molecule has 1 N–H and O–H groups in total. The molecule has 1 aromatic heterocycles. The van der Waals surface area contributed by atoms with Crippen LogP contribution in [0.5, 0.6) is 0 Å². The number of hydrogen-bond acceptors (Lipinski definition) is 6. The lowest BCUT2D eigenvalue weighted by Gasteiger charge is -2.34. The van der Waals surface area contributed by atoms with Crippen molar-refractivity contribution in [1.82, 2.24) is 8.69 Å². The fourth-order valence-electron chi connectivity index (χ4n) is 3.23. The van der Waals surface area contributed by atoms with Crippen molar-refractivity contribution in [3.8, 4) is 0 Å². The average Bonchev–Trinajstić information content (AvgIpc) is 2.61. The lowest BCUT2D eigenvalue weighted by molar-refractivity contribution is -0.122. The first-order chi connectivity index (χ1) is 12.3. The van der Waals surface area contributed by atoms with E-state index in [2.05, 4.69) is 29.0 Å². The highest BCUT2D eigenvalue weighted by molar-refractivity contribution is 8.30. The SMILES string of the molecule is O=C1CCCCN1c1ccc(N2CCCC(N(S)S(=O)(O)=S)C2=O)nc1. The molecule has 0 spiro atoms. The van der Waals surface area contributed by atoms with Gasteiger partial charge in [0.25, 0.3) is 0 Å². The molecule has 26 heavy (non-hydrogen) atoms. The third kappa shape index (κ3) is 4.01. The largest absolute Gasteiger partial charge is 0.311 e. The second-order valence-corrected chi connectivity index (χ2v) is 9.57. The first kappa shape index (κ1) is 19.5. The zero-order valence-electron chi connectivity index (χ0n) is 14.0. The summed E-state index contributed by atoms with van der Waals surface area (Å²) in [5.74, 6) is 0.143. The van der Waals surface area contributed by atoms with Crippen molar-refractivity contribution in [3.05, 3.63) is 18.3 Å². The zero-order valence-corrected chi connectivity index (χ0v) is 16.5. The third-order valence-electron chi connectivity index (χ3n) is 4.56. The maximum atomic E-state index is 12.7. The maximum Gasteiger partial charge on any atom is 0.247 e. The fraction of sp³-hybridized carbons (Fsp3) is 0.533. The number of nitrogens with zero attached hydrogens (tertiary/aromatic N) is 4. The maximum absolute atomic E-state index is 12.7. The summed E-state index contributed by atoms with van der Waals surface area (Å²) in [7, 11) is -3.75. The molecule has 0 radical (unpaired) electrons. The predicted molar refractivity (Wildman–Crippen MR) is 105 cm³/mol. The van der Waals surface area contributed by atoms with Crippen LogP contribution in [0.2, 0.25) is 0 Å². The van der Waals surface area contributed by atoms with E-state index in [1.165, 1.54) is 4.90 Å². The Balaban J connectivity index is 1.78. The van der Waals surface area contributed by atoms with E-state index in [0.29, 0.717) is 43.9 Å². The van der Waals surface area contributed by atoms with Crippen molar-refractivity contribution in [1.29, 1.82) is 0 Å². The molecule has 0 aliphatic carbocycles. The standard InChI is InChI=1S/C15H20N4O4S3/c20-14-5-1-2-8-17(14)11-6-7-13(16-10-11)18-9-3-4-12(15(18)21)19(24)26(22,23)25/h6-7,10,12,24H,1-5,8-9H2,(H,22,23,25). The quantitative estimate of drug-likeness (QED) is 0.720. The second-order valence-electron chi connectivity index (χ2n) is 6.28. The van der Waals surface area contributed by atoms with Crippen LogP contribution in [0.15, 0.2) is 18.3 Å². The lowest BCUT2D eigenvalue weighted by Crippen LogP contribution is -2.51. The molecule has 3 heterocycles. The third-order valence-corrected chi connectivity index (χ3v) is 7.04. The van der Waals surface area contributed by atoms with Crippen LogP contribution >= 0.6 is 12.8 Å². The summed E-state index contributed by atoms with van der Waals surface area (Å²) in [6.07, 6.45) is 5.00. The summed E-state index contributed by atoms with van der Waals surface area (Å²) < 4.78 is 21.9. The van der Waals surface area contributed by atoms with Crippen LogP contribution in [0, 0.1) is 0 Å². The van der Waals surface area contributed by atoms with Crippen LogP contribution in [-0.4, -0.2) is 48.4 Å². The molecule has 0 bridgehead atoms. The Morgan fingerprint density at radius 1 is 1.23 bits per heavy atom. The van der Waals surface area contributed by atoms with E-state index in [4.69, 9.17) is 0 Å². The molecule has 2 aliphatic rings. The first-order valence-corrected chi connectivity index (χ1v) is 11.1. The minimum atomic E-state index is -3.75. The molecule has 0 saturated carbocycles. The van der Waals surface area contributed by atoms with Crippen molar-refractivity contribution in [2.24, 2.45) is 0 Å². The van der Waals surface area contributed by atoms with Gasteiger partial charge >= 0.3 is 0 Å². The smallest absolute Gasteiger partial charge is 0.247 e. The molecule has 2 unspecified atom stereocenters. The number of carbonyl (C=O) groups is 2. The van der Waals surface area contributed by atoms with Gasteiger partial charge in [0.15, 0.2) is 0 Å². The summed E-state index contributed by atoms with van der Waals surface area (Å²) in [4.78, 5) is 32.2. The molecule has 11 heteroatoms. The molecule has 2 amide bonds. The van der Waals surface area contributed by atoms with Crippen molar-refractivity contribution >= 4 is 56.3 Å². The van der Waals surface area contributed by atoms with Crippen LogP contribution in [-0.2, 0) is 29.7 Å². The molecular weight excluding hydrogens is 396 g/mol. The number of amides is 2. The Morgan fingerprint density at radius 3 is 2.58 bits per heavy atom. The summed E-state index contributed by atoms with van der Waals surface area (Å²) in [6.45, 7) is 1.12. The van der Waals surface area contributed by atoms with Gasteiger partial charge in [0.1, 0.15) is 11.9 Å². The highest BCUT2D eigenvalue weighted by Crippen LogP contribution is 2.27. The zero-order chi connectivity index (χ0) is 18.9. The normalized spacial score (nSPS) is 24.0. The van der Waals surface area contributed by atoms with Gasteiger partial charge in [-0.2, -0.15) is 0 Å². The summed E-state index contributed by atoms with van der Waals surface area (Å²) >= 11 is 8.46. The van der Waals surface area contributed by atoms with Gasteiger partial charge < -0.3 is 4.90 Å². The molecule has 2 saturated heterocycles. The van der Waals surface area contributed by atoms with Gasteiger partial charge in [0.2, 0.25) is 20.8 Å². The van der Waals surface area contributed by atoms with E-state index < -0.39 is 15.0 Å². The Kier molecular flexibility index (Phi) is 5.82. The molecule has 2 aliphatic heterocycles. The van der Waals surface area contributed by atoms with E-state index >= 15 is 0 Å². The Bertz CT molecular complexity index is 800. The topological polar surface area (TPSA) is 94.0 Å². The van der Waals surface area contributed by atoms with Crippen LogP contribution in [0.1, 0.15) is 32.1 Å². The van der Waals surface area contributed by atoms with Gasteiger partial charge in [-0.25, -0.2) is 9.19 Å². The molecule has 142 valence electrons. The monoisotopic (exact) mass is 416 g/mol. The van der Waals surface area contributed by atoms with Gasteiger partial charge in [0, 0.05) is 30.7 Å². The van der Waals surface area contributed by atoms with Crippen molar-refractivity contribution in [3.63, 3.8) is 0 Å².